The van der Waals surface area contributed by atoms with Gasteiger partial charge in [0.1, 0.15) is 6.04 Å². The second kappa shape index (κ2) is 8.12. The lowest BCUT2D eigenvalue weighted by Crippen LogP contribution is -2.53. The SMILES string of the molecule is CCCNC(=O)C1COCCN1Cc1cccc(CN)c1. The van der Waals surface area contributed by atoms with Crippen LogP contribution >= 0.6 is 0 Å². The summed E-state index contributed by atoms with van der Waals surface area (Å²) in [7, 11) is 0. The Bertz CT molecular complexity index is 465. The molecule has 2 rings (SSSR count). The van der Waals surface area contributed by atoms with Crippen LogP contribution in [-0.2, 0) is 22.6 Å². The molecule has 1 aliphatic heterocycles. The van der Waals surface area contributed by atoms with Crippen LogP contribution in [0.3, 0.4) is 0 Å². The minimum absolute atomic E-state index is 0.0616. The molecule has 0 radical (unpaired) electrons. The third-order valence-corrected chi connectivity index (χ3v) is 3.70. The van der Waals surface area contributed by atoms with Gasteiger partial charge >= 0.3 is 0 Å². The van der Waals surface area contributed by atoms with Gasteiger partial charge in [0, 0.05) is 26.2 Å². The standard InChI is InChI=1S/C16H25N3O2/c1-2-6-18-16(20)15-12-21-8-7-19(15)11-14-5-3-4-13(9-14)10-17/h3-5,9,15H,2,6-8,10-12,17H2,1H3,(H,18,20). The average Bonchev–Trinajstić information content (AvgIpc) is 2.53. The van der Waals surface area contributed by atoms with Crippen LogP contribution in [0.25, 0.3) is 0 Å². The van der Waals surface area contributed by atoms with Gasteiger partial charge in [-0.2, -0.15) is 0 Å². The lowest BCUT2D eigenvalue weighted by Gasteiger charge is -2.34. The van der Waals surface area contributed by atoms with Crippen LogP contribution in [0.15, 0.2) is 24.3 Å². The Balaban J connectivity index is 2.02. The Hall–Kier alpha value is -1.43. The Labute approximate surface area is 126 Å². The lowest BCUT2D eigenvalue weighted by atomic mass is 10.1. The van der Waals surface area contributed by atoms with Crippen LogP contribution in [0.2, 0.25) is 0 Å². The molecule has 5 nitrogen and oxygen atoms in total. The maximum absolute atomic E-state index is 12.2. The van der Waals surface area contributed by atoms with Crippen molar-refractivity contribution in [2.45, 2.75) is 32.5 Å². The van der Waals surface area contributed by atoms with Gasteiger partial charge in [0.25, 0.3) is 0 Å². The minimum atomic E-state index is -0.202. The molecule has 0 bridgehead atoms. The van der Waals surface area contributed by atoms with Gasteiger partial charge in [-0.15, -0.1) is 0 Å². The van der Waals surface area contributed by atoms with Gasteiger partial charge in [0.15, 0.2) is 0 Å². The van der Waals surface area contributed by atoms with Gasteiger partial charge in [-0.3, -0.25) is 9.69 Å². The van der Waals surface area contributed by atoms with E-state index >= 15 is 0 Å². The molecule has 1 amide bonds. The van der Waals surface area contributed by atoms with Gasteiger partial charge in [-0.05, 0) is 17.5 Å². The van der Waals surface area contributed by atoms with E-state index in [1.807, 2.05) is 19.1 Å². The van der Waals surface area contributed by atoms with E-state index in [4.69, 9.17) is 10.5 Å². The van der Waals surface area contributed by atoms with Crippen LogP contribution in [0.1, 0.15) is 24.5 Å². The summed E-state index contributed by atoms with van der Waals surface area (Å²) < 4.78 is 5.47. The smallest absolute Gasteiger partial charge is 0.239 e. The normalized spacial score (nSPS) is 19.4. The Morgan fingerprint density at radius 1 is 1.48 bits per heavy atom. The van der Waals surface area contributed by atoms with E-state index in [0.717, 1.165) is 25.1 Å². The minimum Gasteiger partial charge on any atom is -0.378 e. The number of morpholine rings is 1. The molecule has 1 atom stereocenters. The highest BCUT2D eigenvalue weighted by atomic mass is 16.5. The van der Waals surface area contributed by atoms with E-state index in [-0.39, 0.29) is 11.9 Å². The quantitative estimate of drug-likeness (QED) is 0.816. The fourth-order valence-corrected chi connectivity index (χ4v) is 2.52. The maximum Gasteiger partial charge on any atom is 0.239 e. The van der Waals surface area contributed by atoms with Crippen molar-refractivity contribution in [3.63, 3.8) is 0 Å². The molecule has 1 fully saturated rings. The third-order valence-electron chi connectivity index (χ3n) is 3.70. The molecule has 1 aromatic carbocycles. The summed E-state index contributed by atoms with van der Waals surface area (Å²) in [6, 6.07) is 8.02. The highest BCUT2D eigenvalue weighted by Gasteiger charge is 2.29. The average molecular weight is 291 g/mol. The van der Waals surface area contributed by atoms with Gasteiger partial charge in [-0.1, -0.05) is 31.2 Å². The van der Waals surface area contributed by atoms with E-state index in [1.165, 1.54) is 5.56 Å². The number of carbonyl (C=O) groups is 1. The Morgan fingerprint density at radius 3 is 3.05 bits per heavy atom. The summed E-state index contributed by atoms with van der Waals surface area (Å²) in [5, 5.41) is 2.96. The summed E-state index contributed by atoms with van der Waals surface area (Å²) in [4.78, 5) is 14.4. The Morgan fingerprint density at radius 2 is 2.29 bits per heavy atom. The zero-order chi connectivity index (χ0) is 15.1. The number of nitrogens with two attached hydrogens (primary N) is 1. The second-order valence-corrected chi connectivity index (χ2v) is 5.38. The molecule has 1 unspecified atom stereocenters. The number of ether oxygens (including phenoxy) is 1. The first-order valence-corrected chi connectivity index (χ1v) is 7.62. The first kappa shape index (κ1) is 15.9. The highest BCUT2D eigenvalue weighted by Crippen LogP contribution is 2.14. The van der Waals surface area contributed by atoms with Crippen LogP contribution < -0.4 is 11.1 Å². The molecule has 0 saturated carbocycles. The summed E-state index contributed by atoms with van der Waals surface area (Å²) in [6.07, 6.45) is 0.942. The van der Waals surface area contributed by atoms with Gasteiger partial charge in [-0.25, -0.2) is 0 Å². The number of carbonyl (C=O) groups excluding carboxylic acids is 1. The van der Waals surface area contributed by atoms with Crippen molar-refractivity contribution in [1.29, 1.82) is 0 Å². The van der Waals surface area contributed by atoms with Gasteiger partial charge in [0.05, 0.1) is 13.2 Å². The second-order valence-electron chi connectivity index (χ2n) is 5.38. The van der Waals surface area contributed by atoms with Gasteiger partial charge < -0.3 is 15.8 Å². The van der Waals surface area contributed by atoms with E-state index in [0.29, 0.717) is 26.3 Å². The predicted octanol–water partition coefficient (Wildman–Crippen LogP) is 0.872. The molecule has 1 aromatic rings. The molecule has 1 saturated heterocycles. The molecule has 21 heavy (non-hydrogen) atoms. The summed E-state index contributed by atoms with van der Waals surface area (Å²) in [5.41, 5.74) is 7.99. The summed E-state index contributed by atoms with van der Waals surface area (Å²) in [6.45, 7) is 5.97. The van der Waals surface area contributed by atoms with Crippen molar-refractivity contribution in [3.05, 3.63) is 35.4 Å². The molecule has 5 heteroatoms. The first-order chi connectivity index (χ1) is 10.2. The highest BCUT2D eigenvalue weighted by molar-refractivity contribution is 5.82. The van der Waals surface area contributed by atoms with Crippen molar-refractivity contribution in [1.82, 2.24) is 10.2 Å². The number of rotatable bonds is 6. The number of hydrogen-bond acceptors (Lipinski definition) is 4. The molecule has 0 spiro atoms. The maximum atomic E-state index is 12.2. The van der Waals surface area contributed by atoms with Crippen molar-refractivity contribution in [2.24, 2.45) is 5.73 Å². The zero-order valence-corrected chi connectivity index (χ0v) is 12.7. The van der Waals surface area contributed by atoms with Crippen molar-refractivity contribution >= 4 is 5.91 Å². The molecular formula is C16H25N3O2. The van der Waals surface area contributed by atoms with E-state index in [1.54, 1.807) is 0 Å². The third kappa shape index (κ3) is 4.52. The van der Waals surface area contributed by atoms with Crippen LogP contribution in [0, 0.1) is 0 Å². The molecular weight excluding hydrogens is 266 g/mol. The topological polar surface area (TPSA) is 67.6 Å². The van der Waals surface area contributed by atoms with E-state index < -0.39 is 0 Å². The van der Waals surface area contributed by atoms with Crippen molar-refractivity contribution in [3.8, 4) is 0 Å². The van der Waals surface area contributed by atoms with Crippen molar-refractivity contribution in [2.75, 3.05) is 26.3 Å². The first-order valence-electron chi connectivity index (χ1n) is 7.62. The number of nitrogens with zero attached hydrogens (tertiary/aromatic N) is 1. The molecule has 1 aliphatic rings. The summed E-state index contributed by atoms with van der Waals surface area (Å²) >= 11 is 0. The van der Waals surface area contributed by atoms with Crippen molar-refractivity contribution < 1.29 is 9.53 Å². The van der Waals surface area contributed by atoms with E-state index in [9.17, 15) is 4.79 Å². The fraction of sp³-hybridized carbons (Fsp3) is 0.562. The van der Waals surface area contributed by atoms with Crippen LogP contribution in [-0.4, -0.2) is 43.2 Å². The number of nitrogens with one attached hydrogen (secondary N) is 1. The number of amides is 1. The van der Waals surface area contributed by atoms with Crippen LogP contribution in [0.4, 0.5) is 0 Å². The molecule has 0 aliphatic carbocycles. The number of benzene rings is 1. The molecule has 116 valence electrons. The lowest BCUT2D eigenvalue weighted by molar-refractivity contribution is -0.132. The van der Waals surface area contributed by atoms with E-state index in [2.05, 4.69) is 22.3 Å². The van der Waals surface area contributed by atoms with Gasteiger partial charge in [0.2, 0.25) is 5.91 Å². The Kier molecular flexibility index (Phi) is 6.17. The number of hydrogen-bond donors (Lipinski definition) is 2. The monoisotopic (exact) mass is 291 g/mol. The zero-order valence-electron chi connectivity index (χ0n) is 12.7. The fourth-order valence-electron chi connectivity index (χ4n) is 2.52. The molecule has 1 heterocycles. The van der Waals surface area contributed by atoms with Crippen LogP contribution in [0.5, 0.6) is 0 Å². The predicted molar refractivity (Wildman–Crippen MR) is 82.7 cm³/mol. The molecule has 3 N–H and O–H groups in total. The summed E-state index contributed by atoms with van der Waals surface area (Å²) in [5.74, 6) is 0.0616. The largest absolute Gasteiger partial charge is 0.378 e. The molecule has 0 aromatic heterocycles.